The Balaban J connectivity index is 1.68. The molecule has 2 aromatic carbocycles. The smallest absolute Gasteiger partial charge is 0.189 e. The molecule has 180 valence electrons. The summed E-state index contributed by atoms with van der Waals surface area (Å²) in [5.41, 5.74) is 1.59. The van der Waals surface area contributed by atoms with Crippen LogP contribution in [0.15, 0.2) is 53.2 Å². The van der Waals surface area contributed by atoms with Crippen LogP contribution in [0.5, 0.6) is 11.5 Å². The molecule has 0 radical (unpaired) electrons. The molecule has 0 aliphatic carbocycles. The topological polar surface area (TPSA) is 150 Å². The lowest BCUT2D eigenvalue weighted by Gasteiger charge is -2.40. The fraction of sp³-hybridized carbons (Fsp3) is 0.320. The summed E-state index contributed by atoms with van der Waals surface area (Å²) < 4.78 is 16.5. The van der Waals surface area contributed by atoms with Gasteiger partial charge in [-0.3, -0.25) is 4.79 Å². The minimum absolute atomic E-state index is 0.0731. The molecule has 9 heteroatoms. The molecule has 1 aromatic heterocycles. The van der Waals surface area contributed by atoms with Crippen molar-refractivity contribution in [1.82, 2.24) is 0 Å². The molecule has 5 atom stereocenters. The van der Waals surface area contributed by atoms with Gasteiger partial charge in [-0.05, 0) is 42.8 Å². The number of rotatable bonds is 7. The number of ether oxygens (including phenoxy) is 2. The molecule has 2 heterocycles. The first-order valence-electron chi connectivity index (χ1n) is 10.8. The maximum absolute atomic E-state index is 12.9. The summed E-state index contributed by atoms with van der Waals surface area (Å²) in [4.78, 5) is 12.9. The van der Waals surface area contributed by atoms with E-state index >= 15 is 0 Å². The van der Waals surface area contributed by atoms with Crippen LogP contribution in [0.1, 0.15) is 34.5 Å². The summed E-state index contributed by atoms with van der Waals surface area (Å²) in [6.45, 7) is 1.33. The number of phenolic OH excluding ortho intramolecular Hbond substituents is 1. The van der Waals surface area contributed by atoms with Gasteiger partial charge in [-0.15, -0.1) is 0 Å². The number of ketones is 1. The average Bonchev–Trinajstić information content (AvgIpc) is 3.30. The highest BCUT2D eigenvalue weighted by atomic mass is 16.5. The molecule has 1 aliphatic rings. The first-order valence-corrected chi connectivity index (χ1v) is 10.8. The van der Waals surface area contributed by atoms with Gasteiger partial charge in [-0.25, -0.2) is 0 Å². The summed E-state index contributed by atoms with van der Waals surface area (Å²) in [7, 11) is 0. The number of fused-ring (bicyclic) bond motifs is 1. The van der Waals surface area contributed by atoms with Crippen molar-refractivity contribution >= 4 is 22.8 Å². The van der Waals surface area contributed by atoms with E-state index in [0.717, 1.165) is 16.5 Å². The molecule has 0 spiro atoms. The first-order chi connectivity index (χ1) is 16.3. The summed E-state index contributed by atoms with van der Waals surface area (Å²) in [6, 6.07) is 9.77. The van der Waals surface area contributed by atoms with Gasteiger partial charge in [0.1, 0.15) is 47.6 Å². The van der Waals surface area contributed by atoms with Crippen molar-refractivity contribution in [2.75, 3.05) is 13.2 Å². The maximum Gasteiger partial charge on any atom is 0.189 e. The van der Waals surface area contributed by atoms with Gasteiger partial charge in [0.15, 0.2) is 5.78 Å². The van der Waals surface area contributed by atoms with Gasteiger partial charge < -0.3 is 39.4 Å². The number of aliphatic hydroxyl groups is 4. The molecule has 0 saturated carbocycles. The number of carbonyl (C=O) groups excluding carboxylic acids is 1. The molecule has 0 bridgehead atoms. The number of benzene rings is 2. The molecule has 4 rings (SSSR count). The lowest BCUT2D eigenvalue weighted by Crippen LogP contribution is -2.55. The molecule has 34 heavy (non-hydrogen) atoms. The average molecular weight is 470 g/mol. The molecule has 1 aliphatic heterocycles. The molecule has 5 unspecified atom stereocenters. The highest BCUT2D eigenvalue weighted by Crippen LogP contribution is 2.40. The van der Waals surface area contributed by atoms with Crippen LogP contribution in [0.25, 0.3) is 17.0 Å². The van der Waals surface area contributed by atoms with Gasteiger partial charge in [-0.1, -0.05) is 12.1 Å². The number of furan rings is 1. The Morgan fingerprint density at radius 3 is 2.62 bits per heavy atom. The second-order valence-electron chi connectivity index (χ2n) is 8.01. The van der Waals surface area contributed by atoms with E-state index in [0.29, 0.717) is 0 Å². The summed E-state index contributed by atoms with van der Waals surface area (Å²) in [6.07, 6.45) is -2.59. The van der Waals surface area contributed by atoms with Crippen LogP contribution in [0.4, 0.5) is 0 Å². The third-order valence-electron chi connectivity index (χ3n) is 5.80. The zero-order valence-corrected chi connectivity index (χ0v) is 18.4. The molecule has 9 nitrogen and oxygen atoms in total. The number of carbonyl (C=O) groups is 1. The van der Waals surface area contributed by atoms with Gasteiger partial charge in [-0.2, -0.15) is 0 Å². The molecule has 1 saturated heterocycles. The van der Waals surface area contributed by atoms with E-state index in [9.17, 15) is 30.3 Å². The Kier molecular flexibility index (Phi) is 7.01. The van der Waals surface area contributed by atoms with Crippen molar-refractivity contribution < 1.29 is 44.2 Å². The lowest BCUT2D eigenvalue weighted by molar-refractivity contribution is -0.232. The van der Waals surface area contributed by atoms with Crippen LogP contribution in [-0.4, -0.2) is 68.9 Å². The zero-order chi connectivity index (χ0) is 24.4. The second-order valence-corrected chi connectivity index (χ2v) is 8.01. The Labute approximate surface area is 195 Å². The van der Waals surface area contributed by atoms with Gasteiger partial charge >= 0.3 is 0 Å². The highest BCUT2D eigenvalue weighted by Gasteiger charge is 2.45. The molecule has 3 aromatic rings. The fourth-order valence-electron chi connectivity index (χ4n) is 4.00. The molecule has 1 fully saturated rings. The number of hydrogen-bond acceptors (Lipinski definition) is 9. The largest absolute Gasteiger partial charge is 0.507 e. The lowest BCUT2D eigenvalue weighted by atomic mass is 9.89. The van der Waals surface area contributed by atoms with Crippen molar-refractivity contribution in [3.05, 3.63) is 65.4 Å². The normalized spacial score (nSPS) is 25.1. The standard InChI is InChI=1S/C25H26O9/c1-2-32-20-11-18(28)15(10-16(20)25-24(31)23(30)22(29)21(12-26)34-25)17(27)5-3-13-4-6-19-14(9-13)7-8-33-19/h3-11,21-26,28-31H,2,12H2,1H3/b5-3+. The number of allylic oxidation sites excluding steroid dienone is 1. The SMILES string of the molecule is CCOc1cc(O)c(C(=O)/C=C/c2ccc3occc3c2)cc1C1OC(CO)C(O)C(O)C1O. The van der Waals surface area contributed by atoms with E-state index < -0.39 is 42.9 Å². The van der Waals surface area contributed by atoms with E-state index in [2.05, 4.69) is 0 Å². The minimum atomic E-state index is -1.60. The van der Waals surface area contributed by atoms with Gasteiger partial charge in [0.2, 0.25) is 0 Å². The Bertz CT molecular complexity index is 1200. The fourth-order valence-corrected chi connectivity index (χ4v) is 4.00. The van der Waals surface area contributed by atoms with E-state index in [1.165, 1.54) is 18.2 Å². The van der Waals surface area contributed by atoms with Gasteiger partial charge in [0, 0.05) is 17.0 Å². The minimum Gasteiger partial charge on any atom is -0.507 e. The Hall–Kier alpha value is -3.21. The van der Waals surface area contributed by atoms with Crippen LogP contribution in [-0.2, 0) is 4.74 Å². The predicted molar refractivity (Wildman–Crippen MR) is 122 cm³/mol. The van der Waals surface area contributed by atoms with Crippen molar-refractivity contribution in [1.29, 1.82) is 0 Å². The summed E-state index contributed by atoms with van der Waals surface area (Å²) in [5, 5.41) is 51.7. The van der Waals surface area contributed by atoms with E-state index in [1.54, 1.807) is 37.5 Å². The monoisotopic (exact) mass is 470 g/mol. The van der Waals surface area contributed by atoms with E-state index in [4.69, 9.17) is 13.9 Å². The van der Waals surface area contributed by atoms with Crippen LogP contribution in [0, 0.1) is 0 Å². The van der Waals surface area contributed by atoms with Crippen molar-refractivity contribution in [2.45, 2.75) is 37.4 Å². The Morgan fingerprint density at radius 2 is 1.88 bits per heavy atom. The molecule has 0 amide bonds. The first kappa shape index (κ1) is 23.9. The van der Waals surface area contributed by atoms with E-state index in [1.807, 2.05) is 6.07 Å². The number of aromatic hydroxyl groups is 1. The predicted octanol–water partition coefficient (Wildman–Crippen LogP) is 1.95. The van der Waals surface area contributed by atoms with Gasteiger partial charge in [0.25, 0.3) is 0 Å². The zero-order valence-electron chi connectivity index (χ0n) is 18.4. The second kappa shape index (κ2) is 9.96. The van der Waals surface area contributed by atoms with Crippen molar-refractivity contribution in [3.8, 4) is 11.5 Å². The van der Waals surface area contributed by atoms with Crippen LogP contribution < -0.4 is 4.74 Å². The van der Waals surface area contributed by atoms with Crippen molar-refractivity contribution in [2.24, 2.45) is 0 Å². The summed E-state index contributed by atoms with van der Waals surface area (Å²) >= 11 is 0. The van der Waals surface area contributed by atoms with E-state index in [-0.39, 0.29) is 29.2 Å². The molecule has 5 N–H and O–H groups in total. The molecular weight excluding hydrogens is 444 g/mol. The highest BCUT2D eigenvalue weighted by molar-refractivity contribution is 6.09. The maximum atomic E-state index is 12.9. The number of phenols is 1. The Morgan fingerprint density at radius 1 is 1.09 bits per heavy atom. The third-order valence-corrected chi connectivity index (χ3v) is 5.80. The molecular formula is C25H26O9. The number of aliphatic hydroxyl groups excluding tert-OH is 4. The van der Waals surface area contributed by atoms with Crippen LogP contribution >= 0.6 is 0 Å². The van der Waals surface area contributed by atoms with Crippen LogP contribution in [0.2, 0.25) is 0 Å². The van der Waals surface area contributed by atoms with Crippen LogP contribution in [0.3, 0.4) is 0 Å². The van der Waals surface area contributed by atoms with Gasteiger partial charge in [0.05, 0.1) is 25.0 Å². The third kappa shape index (κ3) is 4.56. The van der Waals surface area contributed by atoms with Crippen molar-refractivity contribution in [3.63, 3.8) is 0 Å². The quantitative estimate of drug-likeness (QED) is 0.258. The number of hydrogen-bond donors (Lipinski definition) is 5. The summed E-state index contributed by atoms with van der Waals surface area (Å²) in [5.74, 6) is -0.717.